The van der Waals surface area contributed by atoms with E-state index < -0.39 is 10.8 Å². The Morgan fingerprint density at radius 3 is 2.84 bits per heavy atom. The van der Waals surface area contributed by atoms with Crippen molar-refractivity contribution in [2.24, 2.45) is 0 Å². The maximum Gasteiger partial charge on any atom is 0.149 e. The molecular weight excluding hydrogens is 267 g/mol. The zero-order valence-corrected chi connectivity index (χ0v) is 11.6. The smallest absolute Gasteiger partial charge is 0.149 e. The average molecular weight is 284 g/mol. The molecule has 0 saturated carbocycles. The fourth-order valence-electron chi connectivity index (χ4n) is 2.23. The van der Waals surface area contributed by atoms with E-state index in [0.717, 1.165) is 6.42 Å². The molecule has 1 aromatic carbocycles. The fourth-order valence-corrected chi connectivity index (χ4v) is 3.73. The first kappa shape index (κ1) is 14.3. The molecule has 0 amide bonds. The summed E-state index contributed by atoms with van der Waals surface area (Å²) in [7, 11) is -1.23. The van der Waals surface area contributed by atoms with E-state index in [0.29, 0.717) is 12.2 Å². The number of carbonyl (C=O) groups is 1. The molecule has 104 valence electrons. The van der Waals surface area contributed by atoms with Gasteiger partial charge in [0.15, 0.2) is 0 Å². The zero-order valence-electron chi connectivity index (χ0n) is 10.8. The van der Waals surface area contributed by atoms with Gasteiger partial charge in [-0.05, 0) is 25.0 Å². The summed E-state index contributed by atoms with van der Waals surface area (Å²) in [5.74, 6) is -0.603. The van der Waals surface area contributed by atoms with Crippen LogP contribution in [0, 0.1) is 5.82 Å². The molecule has 1 aromatic rings. The minimum Gasteiger partial charge on any atom is -0.377 e. The van der Waals surface area contributed by atoms with E-state index >= 15 is 0 Å². The Labute approximate surface area is 114 Å². The van der Waals surface area contributed by atoms with E-state index in [1.807, 2.05) is 6.92 Å². The molecule has 0 spiro atoms. The second kappa shape index (κ2) is 6.39. The molecule has 1 fully saturated rings. The predicted molar refractivity (Wildman–Crippen MR) is 71.9 cm³/mol. The van der Waals surface area contributed by atoms with Crippen molar-refractivity contribution < 1.29 is 18.1 Å². The van der Waals surface area contributed by atoms with E-state index in [1.54, 1.807) is 18.2 Å². The highest BCUT2D eigenvalue weighted by atomic mass is 32.2. The van der Waals surface area contributed by atoms with Crippen LogP contribution in [0.3, 0.4) is 0 Å². The summed E-state index contributed by atoms with van der Waals surface area (Å²) >= 11 is 0. The largest absolute Gasteiger partial charge is 0.377 e. The van der Waals surface area contributed by atoms with Gasteiger partial charge in [-0.2, -0.15) is 0 Å². The molecule has 0 aliphatic carbocycles. The second-order valence-corrected chi connectivity index (χ2v) is 6.39. The summed E-state index contributed by atoms with van der Waals surface area (Å²) < 4.78 is 30.8. The molecule has 1 aliphatic rings. The van der Waals surface area contributed by atoms with Gasteiger partial charge in [-0.25, -0.2) is 4.39 Å². The van der Waals surface area contributed by atoms with Gasteiger partial charge in [0.1, 0.15) is 11.6 Å². The maximum atomic E-state index is 13.4. The number of rotatable bonds is 5. The van der Waals surface area contributed by atoms with E-state index in [9.17, 15) is 13.4 Å². The summed E-state index contributed by atoms with van der Waals surface area (Å²) in [4.78, 5) is 11.8. The van der Waals surface area contributed by atoms with Gasteiger partial charge in [0, 0.05) is 23.8 Å². The Kier molecular flexibility index (Phi) is 4.82. The Bertz CT molecular complexity index is 489. The van der Waals surface area contributed by atoms with Crippen LogP contribution in [0.15, 0.2) is 24.3 Å². The van der Waals surface area contributed by atoms with Gasteiger partial charge in [-0.15, -0.1) is 0 Å². The molecular formula is C14H17FO3S. The highest BCUT2D eigenvalue weighted by molar-refractivity contribution is 7.86. The lowest BCUT2D eigenvalue weighted by Crippen LogP contribution is -2.28. The molecule has 1 aliphatic heterocycles. The standard InChI is InChI=1S/C14H17FO3S/c1-10-14(6-7-18-10)19(17)9-12(16)8-11-4-2-3-5-13(11)15/h2-5,10,14H,6-9H2,1H3. The van der Waals surface area contributed by atoms with Crippen LogP contribution in [0.2, 0.25) is 0 Å². The molecule has 2 rings (SSSR count). The Morgan fingerprint density at radius 2 is 2.21 bits per heavy atom. The highest BCUT2D eigenvalue weighted by Gasteiger charge is 2.30. The third-order valence-electron chi connectivity index (χ3n) is 3.29. The molecule has 0 bridgehead atoms. The van der Waals surface area contributed by atoms with E-state index in [-0.39, 0.29) is 35.1 Å². The normalized spacial score (nSPS) is 24.3. The summed E-state index contributed by atoms with van der Waals surface area (Å²) in [6.07, 6.45) is 0.656. The van der Waals surface area contributed by atoms with Gasteiger partial charge in [-0.1, -0.05) is 18.2 Å². The van der Waals surface area contributed by atoms with Crippen LogP contribution < -0.4 is 0 Å². The lowest BCUT2D eigenvalue weighted by atomic mass is 10.1. The van der Waals surface area contributed by atoms with E-state index in [4.69, 9.17) is 4.74 Å². The van der Waals surface area contributed by atoms with Gasteiger partial charge >= 0.3 is 0 Å². The first-order chi connectivity index (χ1) is 9.08. The number of ketones is 1. The van der Waals surface area contributed by atoms with Crippen LogP contribution in [-0.2, 0) is 26.8 Å². The van der Waals surface area contributed by atoms with Crippen molar-refractivity contribution in [3.63, 3.8) is 0 Å². The van der Waals surface area contributed by atoms with Crippen LogP contribution in [0.5, 0.6) is 0 Å². The van der Waals surface area contributed by atoms with Gasteiger partial charge in [0.2, 0.25) is 0 Å². The number of benzene rings is 1. The van der Waals surface area contributed by atoms with Crippen LogP contribution in [0.25, 0.3) is 0 Å². The molecule has 0 radical (unpaired) electrons. The highest BCUT2D eigenvalue weighted by Crippen LogP contribution is 2.19. The number of hydrogen-bond donors (Lipinski definition) is 0. The molecule has 3 unspecified atom stereocenters. The third-order valence-corrected chi connectivity index (χ3v) is 5.19. The quantitative estimate of drug-likeness (QED) is 0.829. The monoisotopic (exact) mass is 284 g/mol. The van der Waals surface area contributed by atoms with E-state index in [1.165, 1.54) is 6.07 Å². The van der Waals surface area contributed by atoms with Crippen molar-refractivity contribution in [1.29, 1.82) is 0 Å². The van der Waals surface area contributed by atoms with Crippen LogP contribution in [0.4, 0.5) is 4.39 Å². The first-order valence-corrected chi connectivity index (χ1v) is 7.70. The van der Waals surface area contributed by atoms with Gasteiger partial charge in [0.05, 0.1) is 17.1 Å². The molecule has 1 heterocycles. The van der Waals surface area contributed by atoms with E-state index in [2.05, 4.69) is 0 Å². The minimum atomic E-state index is -1.23. The van der Waals surface area contributed by atoms with Crippen molar-refractivity contribution in [2.75, 3.05) is 12.4 Å². The third kappa shape index (κ3) is 3.70. The number of halogens is 1. The molecule has 0 N–H and O–H groups in total. The Balaban J connectivity index is 1.91. The molecule has 1 saturated heterocycles. The molecule has 5 heteroatoms. The lowest BCUT2D eigenvalue weighted by Gasteiger charge is -2.13. The van der Waals surface area contributed by atoms with Gasteiger partial charge < -0.3 is 4.74 Å². The minimum absolute atomic E-state index is 0.000368. The first-order valence-electron chi connectivity index (χ1n) is 6.32. The maximum absolute atomic E-state index is 13.4. The number of Topliss-reactive ketones (excluding diaryl/α,β-unsaturated/α-hetero) is 1. The molecule has 19 heavy (non-hydrogen) atoms. The summed E-state index contributed by atoms with van der Waals surface area (Å²) in [6.45, 7) is 2.47. The summed E-state index contributed by atoms with van der Waals surface area (Å²) in [5, 5.41) is -0.0791. The summed E-state index contributed by atoms with van der Waals surface area (Å²) in [5.41, 5.74) is 0.361. The Hall–Kier alpha value is -1.07. The van der Waals surface area contributed by atoms with Crippen LogP contribution >= 0.6 is 0 Å². The van der Waals surface area contributed by atoms with Crippen LogP contribution in [-0.4, -0.2) is 33.7 Å². The second-order valence-electron chi connectivity index (χ2n) is 4.73. The predicted octanol–water partition coefficient (Wildman–Crippen LogP) is 1.86. The Morgan fingerprint density at radius 1 is 1.47 bits per heavy atom. The fraction of sp³-hybridized carbons (Fsp3) is 0.500. The van der Waals surface area contributed by atoms with Crippen LogP contribution in [0.1, 0.15) is 18.9 Å². The zero-order chi connectivity index (χ0) is 13.8. The van der Waals surface area contributed by atoms with Crippen molar-refractivity contribution in [1.82, 2.24) is 0 Å². The number of carbonyl (C=O) groups excluding carboxylic acids is 1. The lowest BCUT2D eigenvalue weighted by molar-refractivity contribution is -0.116. The topological polar surface area (TPSA) is 43.4 Å². The van der Waals surface area contributed by atoms with Gasteiger partial charge in [-0.3, -0.25) is 9.00 Å². The average Bonchev–Trinajstić information content (AvgIpc) is 2.78. The SMILES string of the molecule is CC1OCCC1S(=O)CC(=O)Cc1ccccc1F. The number of ether oxygens (including phenoxy) is 1. The van der Waals surface area contributed by atoms with Crippen molar-refractivity contribution in [3.8, 4) is 0 Å². The van der Waals surface area contributed by atoms with Crippen molar-refractivity contribution >= 4 is 16.6 Å². The molecule has 0 aromatic heterocycles. The molecule has 3 atom stereocenters. The van der Waals surface area contributed by atoms with Crippen molar-refractivity contribution in [3.05, 3.63) is 35.6 Å². The molecule has 3 nitrogen and oxygen atoms in total. The van der Waals surface area contributed by atoms with Crippen molar-refractivity contribution in [2.45, 2.75) is 31.1 Å². The van der Waals surface area contributed by atoms with Gasteiger partial charge in [0.25, 0.3) is 0 Å². The summed E-state index contributed by atoms with van der Waals surface area (Å²) in [6, 6.07) is 6.18. The number of hydrogen-bond acceptors (Lipinski definition) is 3.